The Hall–Kier alpha value is -7.29. The van der Waals surface area contributed by atoms with E-state index in [2.05, 4.69) is 78.9 Å². The highest BCUT2D eigenvalue weighted by Gasteiger charge is 2.16. The Kier molecular flexibility index (Phi) is 7.81. The molecule has 0 N–H and O–H groups in total. The van der Waals surface area contributed by atoms with E-state index in [1.807, 2.05) is 103 Å². The average molecular weight is 664 g/mol. The fourth-order valence-electron chi connectivity index (χ4n) is 6.79. The van der Waals surface area contributed by atoms with Gasteiger partial charge >= 0.3 is 0 Å². The molecule has 0 saturated heterocycles. The minimum atomic E-state index is 0.621. The Morgan fingerprint density at radius 3 is 1.44 bits per heavy atom. The summed E-state index contributed by atoms with van der Waals surface area (Å²) in [5, 5.41) is 12.8. The lowest BCUT2D eigenvalue weighted by Gasteiger charge is -2.15. The maximum absolute atomic E-state index is 9.47. The number of nitrogens with zero attached hydrogens (tertiary/aromatic N) is 5. The number of benzene rings is 7. The van der Waals surface area contributed by atoms with Crippen molar-refractivity contribution in [3.63, 3.8) is 0 Å². The lowest BCUT2D eigenvalue weighted by molar-refractivity contribution is 1.07. The molecule has 2 heterocycles. The largest absolute Gasteiger partial charge is 0.248 e. The van der Waals surface area contributed by atoms with Crippen LogP contribution in [0.4, 0.5) is 0 Å². The molecule has 0 atom stereocenters. The predicted octanol–water partition coefficient (Wildman–Crippen LogP) is 11.4. The first-order valence-electron chi connectivity index (χ1n) is 17.1. The van der Waals surface area contributed by atoms with Crippen LogP contribution in [0.25, 0.3) is 89.4 Å². The third kappa shape index (κ3) is 5.75. The molecule has 9 aromatic rings. The van der Waals surface area contributed by atoms with Gasteiger partial charge in [0.05, 0.1) is 22.8 Å². The molecule has 5 heteroatoms. The summed E-state index contributed by atoms with van der Waals surface area (Å²) in [5.74, 6) is 1.89. The zero-order chi connectivity index (χ0) is 34.9. The van der Waals surface area contributed by atoms with Gasteiger partial charge in [-0.3, -0.25) is 0 Å². The van der Waals surface area contributed by atoms with Crippen LogP contribution in [-0.2, 0) is 0 Å². The highest BCUT2D eigenvalue weighted by Crippen LogP contribution is 2.40. The molecular formula is C47H29N5. The van der Waals surface area contributed by atoms with Crippen LogP contribution in [0.3, 0.4) is 0 Å². The van der Waals surface area contributed by atoms with Gasteiger partial charge in [-0.2, -0.15) is 5.26 Å². The van der Waals surface area contributed by atoms with Crippen LogP contribution < -0.4 is 0 Å². The first-order chi connectivity index (χ1) is 25.7. The van der Waals surface area contributed by atoms with Gasteiger partial charge in [-0.1, -0.05) is 152 Å². The Balaban J connectivity index is 1.17. The molecule has 242 valence electrons. The number of aromatic nitrogens is 4. The number of pyridine rings is 1. The fraction of sp³-hybridized carbons (Fsp3) is 0. The summed E-state index contributed by atoms with van der Waals surface area (Å²) in [5.41, 5.74) is 10.6. The van der Waals surface area contributed by atoms with Crippen LogP contribution in [0.15, 0.2) is 176 Å². The smallest absolute Gasteiger partial charge is 0.164 e. The number of rotatable bonds is 6. The van der Waals surface area contributed by atoms with E-state index < -0.39 is 0 Å². The second kappa shape index (κ2) is 13.2. The summed E-state index contributed by atoms with van der Waals surface area (Å²) in [6, 6.07) is 61.7. The number of hydrogen-bond donors (Lipinski definition) is 0. The standard InChI is InChI=1S/C47H29N5/c48-30-31-19-21-33(22-20-31)41-29-43(34-11-4-1-5-12-34)49-42-28-27-39-38(17-10-18-40(39)44(41)42)32-23-25-37(26-24-32)47-51-45(35-13-6-2-7-14-35)50-46(52-47)36-15-8-3-9-16-36/h1-29H. The fourth-order valence-corrected chi connectivity index (χ4v) is 6.79. The van der Waals surface area contributed by atoms with Gasteiger partial charge in [0.25, 0.3) is 0 Å². The third-order valence-corrected chi connectivity index (χ3v) is 9.38. The van der Waals surface area contributed by atoms with E-state index in [1.54, 1.807) is 0 Å². The molecule has 0 radical (unpaired) electrons. The molecule has 0 bridgehead atoms. The molecule has 2 aromatic heterocycles. The van der Waals surface area contributed by atoms with Crippen LogP contribution >= 0.6 is 0 Å². The van der Waals surface area contributed by atoms with Gasteiger partial charge in [0.15, 0.2) is 17.5 Å². The molecule has 0 unspecified atom stereocenters. The van der Waals surface area contributed by atoms with Gasteiger partial charge in [-0.05, 0) is 57.3 Å². The van der Waals surface area contributed by atoms with Crippen molar-refractivity contribution in [2.24, 2.45) is 0 Å². The van der Waals surface area contributed by atoms with Gasteiger partial charge in [0, 0.05) is 27.6 Å². The van der Waals surface area contributed by atoms with Crippen molar-refractivity contribution >= 4 is 21.7 Å². The van der Waals surface area contributed by atoms with Crippen molar-refractivity contribution < 1.29 is 0 Å². The highest BCUT2D eigenvalue weighted by molar-refractivity contribution is 6.17. The molecule has 0 aliphatic carbocycles. The van der Waals surface area contributed by atoms with E-state index in [0.717, 1.165) is 71.9 Å². The van der Waals surface area contributed by atoms with Gasteiger partial charge < -0.3 is 0 Å². The molecule has 9 rings (SSSR count). The SMILES string of the molecule is N#Cc1ccc(-c2cc(-c3ccccc3)nc3ccc4c(-c5ccc(-c6nc(-c7ccccc7)nc(-c7ccccc7)n6)cc5)cccc4c23)cc1. The minimum Gasteiger partial charge on any atom is -0.248 e. The molecule has 0 aliphatic rings. The number of hydrogen-bond acceptors (Lipinski definition) is 5. The Labute approximate surface area is 301 Å². The van der Waals surface area contributed by atoms with Crippen LogP contribution in [0.2, 0.25) is 0 Å². The van der Waals surface area contributed by atoms with E-state index in [0.29, 0.717) is 23.0 Å². The first-order valence-corrected chi connectivity index (χ1v) is 17.1. The minimum absolute atomic E-state index is 0.621. The van der Waals surface area contributed by atoms with Crippen LogP contribution in [0, 0.1) is 11.3 Å². The Bertz CT molecular complexity index is 2700. The third-order valence-electron chi connectivity index (χ3n) is 9.38. The molecule has 7 aromatic carbocycles. The van der Waals surface area contributed by atoms with E-state index in [4.69, 9.17) is 19.9 Å². The lowest BCUT2D eigenvalue weighted by atomic mass is 9.91. The van der Waals surface area contributed by atoms with Crippen molar-refractivity contribution in [3.05, 3.63) is 181 Å². The highest BCUT2D eigenvalue weighted by atomic mass is 15.0. The van der Waals surface area contributed by atoms with E-state index in [9.17, 15) is 5.26 Å². The molecule has 52 heavy (non-hydrogen) atoms. The topological polar surface area (TPSA) is 75.3 Å². The molecule has 0 fully saturated rings. The molecule has 5 nitrogen and oxygen atoms in total. The normalized spacial score (nSPS) is 11.1. The van der Waals surface area contributed by atoms with Crippen LogP contribution in [0.5, 0.6) is 0 Å². The van der Waals surface area contributed by atoms with Gasteiger partial charge in [-0.15, -0.1) is 0 Å². The van der Waals surface area contributed by atoms with Gasteiger partial charge in [0.2, 0.25) is 0 Å². The summed E-state index contributed by atoms with van der Waals surface area (Å²) in [4.78, 5) is 19.8. The summed E-state index contributed by atoms with van der Waals surface area (Å²) in [6.07, 6.45) is 0. The molecule has 0 spiro atoms. The Morgan fingerprint density at radius 1 is 0.365 bits per heavy atom. The average Bonchev–Trinajstić information content (AvgIpc) is 3.24. The summed E-state index contributed by atoms with van der Waals surface area (Å²) in [7, 11) is 0. The van der Waals surface area contributed by atoms with E-state index in [-0.39, 0.29) is 0 Å². The summed E-state index contributed by atoms with van der Waals surface area (Å²) < 4.78 is 0. The van der Waals surface area contributed by atoms with E-state index >= 15 is 0 Å². The lowest BCUT2D eigenvalue weighted by Crippen LogP contribution is -2.00. The first kappa shape index (κ1) is 30.7. The van der Waals surface area contributed by atoms with Crippen LogP contribution in [0.1, 0.15) is 5.56 Å². The van der Waals surface area contributed by atoms with Crippen molar-refractivity contribution in [3.8, 4) is 73.7 Å². The molecule has 0 saturated carbocycles. The number of nitriles is 1. The second-order valence-corrected chi connectivity index (χ2v) is 12.6. The van der Waals surface area contributed by atoms with Crippen molar-refractivity contribution in [1.29, 1.82) is 5.26 Å². The second-order valence-electron chi connectivity index (χ2n) is 12.6. The Morgan fingerprint density at radius 2 is 0.865 bits per heavy atom. The van der Waals surface area contributed by atoms with Crippen LogP contribution in [-0.4, -0.2) is 19.9 Å². The maximum Gasteiger partial charge on any atom is 0.164 e. The maximum atomic E-state index is 9.47. The zero-order valence-electron chi connectivity index (χ0n) is 28.0. The molecular weight excluding hydrogens is 635 g/mol. The monoisotopic (exact) mass is 663 g/mol. The molecule has 0 amide bonds. The van der Waals surface area contributed by atoms with Crippen molar-refractivity contribution in [1.82, 2.24) is 19.9 Å². The van der Waals surface area contributed by atoms with E-state index in [1.165, 1.54) is 0 Å². The van der Waals surface area contributed by atoms with Gasteiger partial charge in [0.1, 0.15) is 0 Å². The number of fused-ring (bicyclic) bond motifs is 3. The van der Waals surface area contributed by atoms with Crippen molar-refractivity contribution in [2.75, 3.05) is 0 Å². The summed E-state index contributed by atoms with van der Waals surface area (Å²) >= 11 is 0. The van der Waals surface area contributed by atoms with Crippen molar-refractivity contribution in [2.45, 2.75) is 0 Å². The quantitative estimate of drug-likeness (QED) is 0.166. The van der Waals surface area contributed by atoms with Gasteiger partial charge in [-0.25, -0.2) is 19.9 Å². The zero-order valence-corrected chi connectivity index (χ0v) is 28.0. The predicted molar refractivity (Wildman–Crippen MR) is 210 cm³/mol. The summed E-state index contributed by atoms with van der Waals surface area (Å²) in [6.45, 7) is 0. The molecule has 0 aliphatic heterocycles.